The highest BCUT2D eigenvalue weighted by Crippen LogP contribution is 2.21. The number of nitrogens with one attached hydrogen (secondary N) is 1. The summed E-state index contributed by atoms with van der Waals surface area (Å²) in [6.45, 7) is 8.42. The zero-order valence-corrected chi connectivity index (χ0v) is 13.4. The zero-order valence-electron chi connectivity index (χ0n) is 12.7. The molecule has 1 heterocycles. The van der Waals surface area contributed by atoms with Crippen molar-refractivity contribution < 1.29 is 4.39 Å². The molecule has 0 saturated heterocycles. The number of halogens is 2. The molecule has 0 aliphatic heterocycles. The van der Waals surface area contributed by atoms with Gasteiger partial charge in [0.1, 0.15) is 5.82 Å². The van der Waals surface area contributed by atoms with Crippen molar-refractivity contribution >= 4 is 11.6 Å². The molecule has 114 valence electrons. The summed E-state index contributed by atoms with van der Waals surface area (Å²) in [5, 5.41) is 8.17. The Hall–Kier alpha value is -1.39. The van der Waals surface area contributed by atoms with Crippen LogP contribution < -0.4 is 5.32 Å². The molecule has 0 aliphatic carbocycles. The van der Waals surface area contributed by atoms with E-state index >= 15 is 0 Å². The van der Waals surface area contributed by atoms with E-state index in [1.54, 1.807) is 16.8 Å². The predicted octanol–water partition coefficient (Wildman–Crippen LogP) is 3.78. The SMILES string of the molecule is Cc1c(CNCC(C)C)cnn1Cc1c(F)cccc1Cl. The third kappa shape index (κ3) is 4.05. The lowest BCUT2D eigenvalue weighted by atomic mass is 10.2. The summed E-state index contributed by atoms with van der Waals surface area (Å²) in [6, 6.07) is 4.73. The zero-order chi connectivity index (χ0) is 15.4. The first-order valence-electron chi connectivity index (χ1n) is 7.14. The molecule has 0 fully saturated rings. The number of nitrogens with zero attached hydrogens (tertiary/aromatic N) is 2. The first kappa shape index (κ1) is 16.0. The summed E-state index contributed by atoms with van der Waals surface area (Å²) in [7, 11) is 0. The molecule has 1 N–H and O–H groups in total. The van der Waals surface area contributed by atoms with Crippen molar-refractivity contribution in [2.24, 2.45) is 5.92 Å². The predicted molar refractivity (Wildman–Crippen MR) is 84.0 cm³/mol. The molecule has 0 radical (unpaired) electrons. The molecule has 0 amide bonds. The van der Waals surface area contributed by atoms with Gasteiger partial charge in [0, 0.05) is 28.4 Å². The number of hydrogen-bond donors (Lipinski definition) is 1. The molecule has 0 unspecified atom stereocenters. The normalized spacial score (nSPS) is 11.3. The number of rotatable bonds is 6. The Morgan fingerprint density at radius 2 is 2.14 bits per heavy atom. The van der Waals surface area contributed by atoms with E-state index in [4.69, 9.17) is 11.6 Å². The Kier molecular flexibility index (Phi) is 5.37. The highest BCUT2D eigenvalue weighted by atomic mass is 35.5. The second-order valence-electron chi connectivity index (χ2n) is 5.64. The van der Waals surface area contributed by atoms with Crippen molar-refractivity contribution in [2.75, 3.05) is 6.54 Å². The molecule has 3 nitrogen and oxygen atoms in total. The first-order valence-corrected chi connectivity index (χ1v) is 7.51. The van der Waals surface area contributed by atoms with Crippen molar-refractivity contribution in [3.8, 4) is 0 Å². The van der Waals surface area contributed by atoms with Crippen molar-refractivity contribution in [3.63, 3.8) is 0 Å². The minimum atomic E-state index is -0.295. The number of aromatic nitrogens is 2. The summed E-state index contributed by atoms with van der Waals surface area (Å²) in [5.41, 5.74) is 2.64. The van der Waals surface area contributed by atoms with E-state index in [2.05, 4.69) is 24.3 Å². The van der Waals surface area contributed by atoms with Crippen LogP contribution in [0.2, 0.25) is 5.02 Å². The minimum absolute atomic E-state index is 0.295. The van der Waals surface area contributed by atoms with Gasteiger partial charge in [-0.05, 0) is 31.5 Å². The monoisotopic (exact) mass is 309 g/mol. The quantitative estimate of drug-likeness (QED) is 0.880. The van der Waals surface area contributed by atoms with E-state index in [1.807, 2.05) is 13.1 Å². The molecule has 21 heavy (non-hydrogen) atoms. The average molecular weight is 310 g/mol. The second kappa shape index (κ2) is 7.05. The van der Waals surface area contributed by atoms with E-state index < -0.39 is 0 Å². The maximum Gasteiger partial charge on any atom is 0.129 e. The molecule has 2 aromatic rings. The summed E-state index contributed by atoms with van der Waals surface area (Å²) < 4.78 is 15.6. The van der Waals surface area contributed by atoms with Gasteiger partial charge < -0.3 is 5.32 Å². The van der Waals surface area contributed by atoms with Crippen LogP contribution in [0.25, 0.3) is 0 Å². The average Bonchev–Trinajstić information content (AvgIpc) is 2.75. The molecular formula is C16H21ClFN3. The summed E-state index contributed by atoms with van der Waals surface area (Å²) in [6.07, 6.45) is 1.83. The smallest absolute Gasteiger partial charge is 0.129 e. The Morgan fingerprint density at radius 3 is 2.81 bits per heavy atom. The molecular weight excluding hydrogens is 289 g/mol. The fourth-order valence-corrected chi connectivity index (χ4v) is 2.37. The molecule has 0 atom stereocenters. The maximum absolute atomic E-state index is 13.8. The summed E-state index contributed by atoms with van der Waals surface area (Å²) in [5.74, 6) is 0.314. The Labute approximate surface area is 130 Å². The standard InChI is InChI=1S/C16H21ClFN3/c1-11(2)7-19-8-13-9-20-21(12(13)3)10-14-15(17)5-4-6-16(14)18/h4-6,9,11,19H,7-8,10H2,1-3H3. The van der Waals surface area contributed by atoms with Gasteiger partial charge in [-0.3, -0.25) is 4.68 Å². The van der Waals surface area contributed by atoms with Crippen molar-refractivity contribution in [3.05, 3.63) is 52.1 Å². The molecule has 0 aliphatic rings. The van der Waals surface area contributed by atoms with Crippen LogP contribution in [-0.4, -0.2) is 16.3 Å². The van der Waals surface area contributed by atoms with E-state index in [0.717, 1.165) is 24.3 Å². The van der Waals surface area contributed by atoms with Crippen molar-refractivity contribution in [2.45, 2.75) is 33.9 Å². The largest absolute Gasteiger partial charge is 0.312 e. The van der Waals surface area contributed by atoms with E-state index in [-0.39, 0.29) is 5.82 Å². The topological polar surface area (TPSA) is 29.9 Å². The van der Waals surface area contributed by atoms with Gasteiger partial charge in [0.05, 0.1) is 12.7 Å². The van der Waals surface area contributed by atoms with E-state index in [0.29, 0.717) is 23.0 Å². The molecule has 0 saturated carbocycles. The fraction of sp³-hybridized carbons (Fsp3) is 0.438. The Balaban J connectivity index is 2.10. The molecule has 0 spiro atoms. The number of hydrogen-bond acceptors (Lipinski definition) is 2. The maximum atomic E-state index is 13.8. The molecule has 1 aromatic carbocycles. The van der Waals surface area contributed by atoms with Gasteiger partial charge >= 0.3 is 0 Å². The summed E-state index contributed by atoms with van der Waals surface area (Å²) >= 11 is 6.06. The molecule has 2 rings (SSSR count). The van der Waals surface area contributed by atoms with Gasteiger partial charge in [-0.2, -0.15) is 5.10 Å². The lowest BCUT2D eigenvalue weighted by molar-refractivity contribution is 0.550. The minimum Gasteiger partial charge on any atom is -0.312 e. The van der Waals surface area contributed by atoms with Crippen LogP contribution in [0.4, 0.5) is 4.39 Å². The van der Waals surface area contributed by atoms with Crippen LogP contribution in [-0.2, 0) is 13.1 Å². The van der Waals surface area contributed by atoms with Gasteiger partial charge in [0.15, 0.2) is 0 Å². The third-order valence-corrected chi connectivity index (χ3v) is 3.80. The van der Waals surface area contributed by atoms with Crippen LogP contribution in [0.5, 0.6) is 0 Å². The van der Waals surface area contributed by atoms with Crippen LogP contribution in [0.3, 0.4) is 0 Å². The highest BCUT2D eigenvalue weighted by molar-refractivity contribution is 6.31. The van der Waals surface area contributed by atoms with Crippen LogP contribution >= 0.6 is 11.6 Å². The fourth-order valence-electron chi connectivity index (χ4n) is 2.15. The molecule has 5 heteroatoms. The Morgan fingerprint density at radius 1 is 1.38 bits per heavy atom. The van der Waals surface area contributed by atoms with Crippen LogP contribution in [0.1, 0.15) is 30.7 Å². The molecule has 0 bridgehead atoms. The van der Waals surface area contributed by atoms with Gasteiger partial charge in [0.2, 0.25) is 0 Å². The summed E-state index contributed by atoms with van der Waals surface area (Å²) in [4.78, 5) is 0. The molecule has 1 aromatic heterocycles. The van der Waals surface area contributed by atoms with E-state index in [9.17, 15) is 4.39 Å². The van der Waals surface area contributed by atoms with Gasteiger partial charge in [0.25, 0.3) is 0 Å². The van der Waals surface area contributed by atoms with Gasteiger partial charge in [-0.15, -0.1) is 0 Å². The highest BCUT2D eigenvalue weighted by Gasteiger charge is 2.11. The lowest BCUT2D eigenvalue weighted by Crippen LogP contribution is -2.19. The third-order valence-electron chi connectivity index (χ3n) is 3.44. The van der Waals surface area contributed by atoms with E-state index in [1.165, 1.54) is 6.07 Å². The van der Waals surface area contributed by atoms with Gasteiger partial charge in [-0.1, -0.05) is 31.5 Å². The van der Waals surface area contributed by atoms with Crippen LogP contribution in [0, 0.1) is 18.7 Å². The van der Waals surface area contributed by atoms with Crippen LogP contribution in [0.15, 0.2) is 24.4 Å². The Bertz CT molecular complexity index is 587. The second-order valence-corrected chi connectivity index (χ2v) is 6.05. The first-order chi connectivity index (χ1) is 9.99. The lowest BCUT2D eigenvalue weighted by Gasteiger charge is -2.09. The van der Waals surface area contributed by atoms with Crippen molar-refractivity contribution in [1.82, 2.24) is 15.1 Å². The van der Waals surface area contributed by atoms with Crippen molar-refractivity contribution in [1.29, 1.82) is 0 Å². The van der Waals surface area contributed by atoms with Gasteiger partial charge in [-0.25, -0.2) is 4.39 Å². The number of benzene rings is 1.